The van der Waals surface area contributed by atoms with Crippen LogP contribution in [0.4, 0.5) is 18.9 Å². The summed E-state index contributed by atoms with van der Waals surface area (Å²) >= 11 is 0. The molecule has 9 heteroatoms. The number of para-hydroxylation sites is 1. The third-order valence-corrected chi connectivity index (χ3v) is 5.71. The molecule has 0 aliphatic carbocycles. The van der Waals surface area contributed by atoms with Gasteiger partial charge < -0.3 is 15.1 Å². The first-order valence-electron chi connectivity index (χ1n) is 11.1. The van der Waals surface area contributed by atoms with Crippen molar-refractivity contribution in [3.63, 3.8) is 0 Å². The summed E-state index contributed by atoms with van der Waals surface area (Å²) in [6, 6.07) is 11.4. The summed E-state index contributed by atoms with van der Waals surface area (Å²) in [5, 5.41) is 17.2. The normalized spacial score (nSPS) is 13.6. The predicted molar refractivity (Wildman–Crippen MR) is 130 cm³/mol. The Balaban J connectivity index is 0.000000316. The SMILES string of the molecule is CCC(C)CC(=N)N(C)C=N.CNCc1cc2c(c(C(F)(F)F)c1)CN(c1ccccc1)C2=O. The lowest BCUT2D eigenvalue weighted by Gasteiger charge is -2.16. The predicted octanol–water partition coefficient (Wildman–Crippen LogP) is 5.52. The highest BCUT2D eigenvalue weighted by atomic mass is 19.4. The van der Waals surface area contributed by atoms with Gasteiger partial charge in [-0.2, -0.15) is 13.2 Å². The molecule has 1 heterocycles. The molecule has 1 unspecified atom stereocenters. The van der Waals surface area contributed by atoms with Crippen molar-refractivity contribution in [2.75, 3.05) is 19.0 Å². The van der Waals surface area contributed by atoms with Crippen molar-refractivity contribution in [2.45, 2.75) is 46.0 Å². The van der Waals surface area contributed by atoms with Gasteiger partial charge in [-0.05, 0) is 48.4 Å². The molecule has 1 amide bonds. The van der Waals surface area contributed by atoms with Crippen molar-refractivity contribution in [2.24, 2.45) is 5.92 Å². The van der Waals surface area contributed by atoms with Crippen LogP contribution in [0.3, 0.4) is 0 Å². The van der Waals surface area contributed by atoms with Gasteiger partial charge in [-0.25, -0.2) is 0 Å². The van der Waals surface area contributed by atoms with E-state index in [-0.39, 0.29) is 24.2 Å². The molecule has 0 fully saturated rings. The van der Waals surface area contributed by atoms with E-state index in [2.05, 4.69) is 19.2 Å². The maximum Gasteiger partial charge on any atom is 0.416 e. The summed E-state index contributed by atoms with van der Waals surface area (Å²) in [6.07, 6.45) is -1.46. The van der Waals surface area contributed by atoms with Crippen LogP contribution in [-0.2, 0) is 19.3 Å². The van der Waals surface area contributed by atoms with Crippen molar-refractivity contribution in [3.8, 4) is 0 Å². The lowest BCUT2D eigenvalue weighted by Crippen LogP contribution is -2.25. The summed E-state index contributed by atoms with van der Waals surface area (Å²) < 4.78 is 40.1. The minimum Gasteiger partial charge on any atom is -0.325 e. The van der Waals surface area contributed by atoms with Crippen molar-refractivity contribution < 1.29 is 18.0 Å². The van der Waals surface area contributed by atoms with Crippen molar-refractivity contribution in [1.29, 1.82) is 10.8 Å². The number of amidine groups is 1. The molecule has 2 aromatic rings. The monoisotopic (exact) mass is 475 g/mol. The molecule has 0 radical (unpaired) electrons. The van der Waals surface area contributed by atoms with Gasteiger partial charge in [0.2, 0.25) is 0 Å². The van der Waals surface area contributed by atoms with Crippen LogP contribution in [-0.4, -0.2) is 37.1 Å². The Hall–Kier alpha value is -3.20. The number of anilines is 1. The van der Waals surface area contributed by atoms with Gasteiger partial charge in [0.05, 0.1) is 18.4 Å². The fourth-order valence-electron chi connectivity index (χ4n) is 3.54. The molecule has 0 bridgehead atoms. The van der Waals surface area contributed by atoms with E-state index < -0.39 is 17.6 Å². The number of carbonyl (C=O) groups is 1. The van der Waals surface area contributed by atoms with Crippen LogP contribution in [0.25, 0.3) is 0 Å². The number of rotatable bonds is 7. The van der Waals surface area contributed by atoms with E-state index >= 15 is 0 Å². The first-order valence-corrected chi connectivity index (χ1v) is 11.1. The number of carbonyl (C=O) groups excluding carboxylic acids is 1. The van der Waals surface area contributed by atoms with Crippen LogP contribution >= 0.6 is 0 Å². The largest absolute Gasteiger partial charge is 0.416 e. The lowest BCUT2D eigenvalue weighted by atomic mass is 9.99. The Bertz CT molecular complexity index is 1010. The summed E-state index contributed by atoms with van der Waals surface area (Å²) in [7, 11) is 3.39. The van der Waals surface area contributed by atoms with Gasteiger partial charge in [-0.1, -0.05) is 38.5 Å². The number of nitrogens with one attached hydrogen (secondary N) is 3. The molecular formula is C25H32F3N5O. The fraction of sp³-hybridized carbons (Fsp3) is 0.400. The molecule has 1 aliphatic heterocycles. The molecule has 0 spiro atoms. The second-order valence-corrected chi connectivity index (χ2v) is 8.33. The number of hydrogen-bond acceptors (Lipinski definition) is 4. The number of alkyl halides is 3. The number of nitrogens with zero attached hydrogens (tertiary/aromatic N) is 2. The molecule has 0 aromatic heterocycles. The van der Waals surface area contributed by atoms with E-state index in [4.69, 9.17) is 10.8 Å². The first-order chi connectivity index (χ1) is 16.0. The smallest absolute Gasteiger partial charge is 0.325 e. The highest BCUT2D eigenvalue weighted by Gasteiger charge is 2.40. The lowest BCUT2D eigenvalue weighted by molar-refractivity contribution is -0.138. The highest BCUT2D eigenvalue weighted by Crippen LogP contribution is 2.39. The second-order valence-electron chi connectivity index (χ2n) is 8.33. The summed E-state index contributed by atoms with van der Waals surface area (Å²) in [5.74, 6) is 0.675. The Morgan fingerprint density at radius 2 is 1.91 bits per heavy atom. The topological polar surface area (TPSA) is 83.3 Å². The van der Waals surface area contributed by atoms with E-state index in [1.165, 1.54) is 16.1 Å². The quantitative estimate of drug-likeness (QED) is 0.364. The van der Waals surface area contributed by atoms with Crippen LogP contribution in [0, 0.1) is 16.7 Å². The zero-order valence-electron chi connectivity index (χ0n) is 20.0. The van der Waals surface area contributed by atoms with Gasteiger partial charge in [0.15, 0.2) is 0 Å². The molecule has 34 heavy (non-hydrogen) atoms. The van der Waals surface area contributed by atoms with Gasteiger partial charge >= 0.3 is 6.18 Å². The standard InChI is InChI=1S/C17H15F3N2O.C8H17N3/c1-21-9-11-7-13-14(15(8-11)17(18,19)20)10-22(16(13)23)12-5-3-2-4-6-12;1-4-7(2)5-8(10)11(3)6-9/h2-8,21H,9-10H2,1H3;6-7,9-10H,4-5H2,1-3H3. The van der Waals surface area contributed by atoms with E-state index in [9.17, 15) is 18.0 Å². The van der Waals surface area contributed by atoms with E-state index in [1.54, 1.807) is 50.5 Å². The van der Waals surface area contributed by atoms with Gasteiger partial charge in [-0.3, -0.25) is 15.6 Å². The maximum atomic E-state index is 13.4. The van der Waals surface area contributed by atoms with Crippen molar-refractivity contribution >= 4 is 23.8 Å². The van der Waals surface area contributed by atoms with Gasteiger partial charge in [0.25, 0.3) is 5.91 Å². The van der Waals surface area contributed by atoms with Crippen molar-refractivity contribution in [1.82, 2.24) is 10.2 Å². The van der Waals surface area contributed by atoms with Crippen LogP contribution in [0.1, 0.15) is 53.7 Å². The zero-order chi connectivity index (χ0) is 25.5. The van der Waals surface area contributed by atoms with E-state index in [0.717, 1.165) is 18.9 Å². The maximum absolute atomic E-state index is 13.4. The number of benzene rings is 2. The Kier molecular flexibility index (Phi) is 9.37. The Morgan fingerprint density at radius 3 is 2.44 bits per heavy atom. The molecule has 0 saturated carbocycles. The number of fused-ring (bicyclic) bond motifs is 1. The minimum absolute atomic E-state index is 0.0474. The molecule has 3 rings (SSSR count). The molecule has 0 saturated heterocycles. The molecule has 6 nitrogen and oxygen atoms in total. The van der Waals surface area contributed by atoms with Crippen LogP contribution in [0.2, 0.25) is 0 Å². The van der Waals surface area contributed by atoms with E-state index in [1.807, 2.05) is 0 Å². The van der Waals surface area contributed by atoms with Crippen molar-refractivity contribution in [3.05, 3.63) is 64.7 Å². The molecule has 3 N–H and O–H groups in total. The average molecular weight is 476 g/mol. The third kappa shape index (κ3) is 6.66. The first kappa shape index (κ1) is 27.0. The molecule has 1 aliphatic rings. The average Bonchev–Trinajstić information content (AvgIpc) is 3.14. The van der Waals surface area contributed by atoms with Gasteiger partial charge in [0.1, 0.15) is 5.84 Å². The number of amides is 1. The fourth-order valence-corrected chi connectivity index (χ4v) is 3.54. The Morgan fingerprint density at radius 1 is 1.26 bits per heavy atom. The van der Waals surface area contributed by atoms with E-state index in [0.29, 0.717) is 23.0 Å². The molecule has 1 atom stereocenters. The number of hydrogen-bond donors (Lipinski definition) is 3. The van der Waals surface area contributed by atoms with Crippen LogP contribution in [0.15, 0.2) is 42.5 Å². The minimum atomic E-state index is -4.49. The van der Waals surface area contributed by atoms with Gasteiger partial charge in [0, 0.05) is 31.3 Å². The number of halogens is 3. The summed E-state index contributed by atoms with van der Waals surface area (Å²) in [4.78, 5) is 15.5. The van der Waals surface area contributed by atoms with Crippen LogP contribution in [0.5, 0.6) is 0 Å². The molecule has 2 aromatic carbocycles. The zero-order valence-corrected chi connectivity index (χ0v) is 20.0. The highest BCUT2D eigenvalue weighted by molar-refractivity contribution is 6.10. The molecular weight excluding hydrogens is 443 g/mol. The summed E-state index contributed by atoms with van der Waals surface area (Å²) in [5.41, 5.74) is 0.492. The third-order valence-electron chi connectivity index (χ3n) is 5.71. The Labute approximate surface area is 198 Å². The van der Waals surface area contributed by atoms with Crippen LogP contribution < -0.4 is 10.2 Å². The second kappa shape index (κ2) is 11.8. The molecule has 184 valence electrons. The summed E-state index contributed by atoms with van der Waals surface area (Å²) in [6.45, 7) is 4.44. The van der Waals surface area contributed by atoms with Gasteiger partial charge in [-0.15, -0.1) is 0 Å².